The Bertz CT molecular complexity index is 596. The van der Waals surface area contributed by atoms with Crippen LogP contribution < -0.4 is 10.6 Å². The Morgan fingerprint density at radius 2 is 1.63 bits per heavy atom. The van der Waals surface area contributed by atoms with Gasteiger partial charge in [-0.15, -0.1) is 0 Å². The maximum atomic E-state index is 13.7. The van der Waals surface area contributed by atoms with E-state index in [0.717, 1.165) is 0 Å². The van der Waals surface area contributed by atoms with E-state index in [2.05, 4.69) is 36.5 Å². The number of halogens is 3. The number of rotatable bonds is 3. The summed E-state index contributed by atoms with van der Waals surface area (Å²) in [5.41, 5.74) is -0.247. The molecule has 2 rings (SSSR count). The number of hydrogen-bond donors (Lipinski definition) is 2. The first-order valence-corrected chi connectivity index (χ1v) is 6.24. The zero-order chi connectivity index (χ0) is 14.0. The molecule has 0 fully saturated rings. The molecule has 0 saturated carbocycles. The summed E-state index contributed by atoms with van der Waals surface area (Å²) in [7, 11) is 1.70. The third kappa shape index (κ3) is 3.17. The zero-order valence-corrected chi connectivity index (χ0v) is 11.8. The number of benzene rings is 1. The van der Waals surface area contributed by atoms with E-state index in [9.17, 15) is 8.78 Å². The number of hydrogen-bond acceptors (Lipinski definition) is 4. The molecule has 1 heterocycles. The van der Waals surface area contributed by atoms with Crippen LogP contribution in [0.15, 0.2) is 22.7 Å². The van der Waals surface area contributed by atoms with E-state index in [-0.39, 0.29) is 5.69 Å². The second-order valence-electron chi connectivity index (χ2n) is 3.81. The molecule has 0 amide bonds. The summed E-state index contributed by atoms with van der Waals surface area (Å²) in [5.74, 6) is -0.0273. The van der Waals surface area contributed by atoms with Gasteiger partial charge in [0.1, 0.15) is 23.1 Å². The van der Waals surface area contributed by atoms with Crippen LogP contribution in [0.3, 0.4) is 0 Å². The molecule has 0 aliphatic rings. The maximum absolute atomic E-state index is 13.7. The van der Waals surface area contributed by atoms with Gasteiger partial charge in [-0.1, -0.05) is 15.9 Å². The van der Waals surface area contributed by atoms with Crippen molar-refractivity contribution in [3.63, 3.8) is 0 Å². The molecule has 0 atom stereocenters. The highest BCUT2D eigenvalue weighted by Gasteiger charge is 2.12. The summed E-state index contributed by atoms with van der Waals surface area (Å²) in [4.78, 5) is 8.17. The minimum atomic E-state index is -0.700. The van der Waals surface area contributed by atoms with E-state index in [1.807, 2.05) is 0 Å². The third-order valence-corrected chi connectivity index (χ3v) is 2.81. The Morgan fingerprint density at radius 3 is 2.21 bits per heavy atom. The van der Waals surface area contributed by atoms with Gasteiger partial charge in [0, 0.05) is 17.6 Å². The molecule has 7 heteroatoms. The van der Waals surface area contributed by atoms with E-state index >= 15 is 0 Å². The van der Waals surface area contributed by atoms with Crippen molar-refractivity contribution >= 4 is 33.3 Å². The minimum Gasteiger partial charge on any atom is -0.373 e. The van der Waals surface area contributed by atoms with Gasteiger partial charge in [0.15, 0.2) is 11.6 Å². The molecule has 0 unspecified atom stereocenters. The molecule has 2 N–H and O–H groups in total. The van der Waals surface area contributed by atoms with Crippen LogP contribution >= 0.6 is 15.9 Å². The molecule has 0 spiro atoms. The van der Waals surface area contributed by atoms with Crippen molar-refractivity contribution in [1.29, 1.82) is 0 Å². The van der Waals surface area contributed by atoms with Gasteiger partial charge in [-0.25, -0.2) is 18.7 Å². The quantitative estimate of drug-likeness (QED) is 0.903. The van der Waals surface area contributed by atoms with E-state index in [1.54, 1.807) is 20.0 Å². The summed E-state index contributed by atoms with van der Waals surface area (Å²) in [6.45, 7) is 1.69. The fourth-order valence-electron chi connectivity index (χ4n) is 1.55. The standard InChI is InChI=1S/C12H11BrF2N4/c1-6-17-10(16-2)5-11(18-6)19-12-8(14)3-7(13)4-9(12)15/h3-5H,1-2H3,(H2,16,17,18,19). The average Bonchev–Trinajstić information content (AvgIpc) is 2.33. The van der Waals surface area contributed by atoms with Crippen molar-refractivity contribution in [3.8, 4) is 0 Å². The van der Waals surface area contributed by atoms with Gasteiger partial charge < -0.3 is 10.6 Å². The van der Waals surface area contributed by atoms with Crippen molar-refractivity contribution in [3.05, 3.63) is 40.1 Å². The highest BCUT2D eigenvalue weighted by atomic mass is 79.9. The minimum absolute atomic E-state index is 0.247. The van der Waals surface area contributed by atoms with Crippen molar-refractivity contribution in [2.75, 3.05) is 17.7 Å². The second-order valence-corrected chi connectivity index (χ2v) is 4.72. The van der Waals surface area contributed by atoms with E-state index in [1.165, 1.54) is 12.1 Å². The fraction of sp³-hybridized carbons (Fsp3) is 0.167. The Balaban J connectivity index is 2.39. The van der Waals surface area contributed by atoms with Gasteiger partial charge in [0.25, 0.3) is 0 Å². The average molecular weight is 329 g/mol. The smallest absolute Gasteiger partial charge is 0.150 e. The number of aromatic nitrogens is 2. The zero-order valence-electron chi connectivity index (χ0n) is 10.3. The lowest BCUT2D eigenvalue weighted by molar-refractivity contribution is 0.589. The largest absolute Gasteiger partial charge is 0.373 e. The monoisotopic (exact) mass is 328 g/mol. The van der Waals surface area contributed by atoms with Crippen molar-refractivity contribution in [2.45, 2.75) is 6.92 Å². The van der Waals surface area contributed by atoms with Gasteiger partial charge in [-0.2, -0.15) is 0 Å². The lowest BCUT2D eigenvalue weighted by atomic mass is 10.3. The SMILES string of the molecule is CNc1cc(Nc2c(F)cc(Br)cc2F)nc(C)n1. The first kappa shape index (κ1) is 13.7. The van der Waals surface area contributed by atoms with Crippen LogP contribution in [0.2, 0.25) is 0 Å². The first-order chi connectivity index (χ1) is 8.99. The van der Waals surface area contributed by atoms with Gasteiger partial charge in [0.2, 0.25) is 0 Å². The number of nitrogens with zero attached hydrogens (tertiary/aromatic N) is 2. The van der Waals surface area contributed by atoms with Crippen LogP contribution in [0, 0.1) is 18.6 Å². The van der Waals surface area contributed by atoms with Crippen molar-refractivity contribution < 1.29 is 8.78 Å². The molecule has 4 nitrogen and oxygen atoms in total. The van der Waals surface area contributed by atoms with Crippen LogP contribution in [0.5, 0.6) is 0 Å². The Labute approximate surface area is 117 Å². The Hall–Kier alpha value is -1.76. The van der Waals surface area contributed by atoms with Gasteiger partial charge >= 0.3 is 0 Å². The van der Waals surface area contributed by atoms with Crippen molar-refractivity contribution in [1.82, 2.24) is 9.97 Å². The maximum Gasteiger partial charge on any atom is 0.150 e. The van der Waals surface area contributed by atoms with Gasteiger partial charge in [0.05, 0.1) is 0 Å². The van der Waals surface area contributed by atoms with Crippen LogP contribution in [-0.4, -0.2) is 17.0 Å². The molecule has 1 aromatic carbocycles. The summed E-state index contributed by atoms with van der Waals surface area (Å²) in [6.07, 6.45) is 0. The third-order valence-electron chi connectivity index (χ3n) is 2.35. The number of anilines is 3. The molecule has 2 aromatic rings. The van der Waals surface area contributed by atoms with Crippen LogP contribution in [0.4, 0.5) is 26.1 Å². The molecule has 1 aromatic heterocycles. The van der Waals surface area contributed by atoms with Gasteiger partial charge in [-0.3, -0.25) is 0 Å². The molecule has 0 aliphatic carbocycles. The summed E-state index contributed by atoms with van der Waals surface area (Å²) < 4.78 is 27.7. The summed E-state index contributed by atoms with van der Waals surface area (Å²) in [5, 5.41) is 5.47. The van der Waals surface area contributed by atoms with Crippen LogP contribution in [0.25, 0.3) is 0 Å². The molecule has 0 saturated heterocycles. The van der Waals surface area contributed by atoms with Crippen LogP contribution in [0.1, 0.15) is 5.82 Å². The lowest BCUT2D eigenvalue weighted by Crippen LogP contribution is -2.03. The predicted octanol–water partition coefficient (Wildman–Crippen LogP) is 3.61. The van der Waals surface area contributed by atoms with E-state index in [4.69, 9.17) is 0 Å². The predicted molar refractivity (Wildman–Crippen MR) is 73.7 cm³/mol. The lowest BCUT2D eigenvalue weighted by Gasteiger charge is -2.10. The molecule has 0 radical (unpaired) electrons. The molecule has 100 valence electrons. The molecule has 0 aliphatic heterocycles. The Kier molecular flexibility index (Phi) is 3.94. The molecular weight excluding hydrogens is 318 g/mol. The molecule has 0 bridgehead atoms. The normalized spacial score (nSPS) is 10.4. The molecular formula is C12H11BrF2N4. The fourth-order valence-corrected chi connectivity index (χ4v) is 1.95. The number of nitrogens with one attached hydrogen (secondary N) is 2. The summed E-state index contributed by atoms with van der Waals surface area (Å²) in [6, 6.07) is 3.92. The summed E-state index contributed by atoms with van der Waals surface area (Å²) >= 11 is 3.02. The Morgan fingerprint density at radius 1 is 1.05 bits per heavy atom. The topological polar surface area (TPSA) is 49.8 Å². The first-order valence-electron chi connectivity index (χ1n) is 5.44. The van der Waals surface area contributed by atoms with Crippen LogP contribution in [-0.2, 0) is 0 Å². The van der Waals surface area contributed by atoms with E-state index in [0.29, 0.717) is 21.9 Å². The highest BCUT2D eigenvalue weighted by molar-refractivity contribution is 9.10. The van der Waals surface area contributed by atoms with Gasteiger partial charge in [-0.05, 0) is 19.1 Å². The molecule has 19 heavy (non-hydrogen) atoms. The number of aryl methyl sites for hydroxylation is 1. The highest BCUT2D eigenvalue weighted by Crippen LogP contribution is 2.26. The second kappa shape index (κ2) is 5.48. The van der Waals surface area contributed by atoms with E-state index < -0.39 is 11.6 Å². The van der Waals surface area contributed by atoms with Crippen molar-refractivity contribution in [2.24, 2.45) is 0 Å².